The molecule has 178 valence electrons. The maximum Gasteiger partial charge on any atom is 0.140 e. The van der Waals surface area contributed by atoms with Crippen molar-refractivity contribution in [2.45, 2.75) is 51.4 Å². The van der Waals surface area contributed by atoms with Crippen molar-refractivity contribution in [1.29, 1.82) is 0 Å². The minimum absolute atomic E-state index is 0.137. The highest BCUT2D eigenvalue weighted by Crippen LogP contribution is 2.42. The predicted octanol–water partition coefficient (Wildman–Crippen LogP) is 5.42. The van der Waals surface area contributed by atoms with E-state index in [1.54, 1.807) is 7.11 Å². The van der Waals surface area contributed by atoms with E-state index in [0.29, 0.717) is 18.4 Å². The molecule has 1 aliphatic heterocycles. The number of anilines is 2. The van der Waals surface area contributed by atoms with Gasteiger partial charge in [0.25, 0.3) is 0 Å². The van der Waals surface area contributed by atoms with Gasteiger partial charge in [-0.05, 0) is 55.3 Å². The molecule has 3 aromatic rings. The minimum atomic E-state index is 0.137. The Morgan fingerprint density at radius 3 is 2.52 bits per heavy atom. The largest absolute Gasteiger partial charge is 0.496 e. The number of fused-ring (bicyclic) bond motifs is 1. The number of thiophene rings is 1. The standard InChI is InChI=1S/C24H30N4O2S.C2H6/c1-27(12-13-29)18-5-6-20-19(15-18)24(26-23(25-20)17-3-4-17)28-10-7-16(8-11-28)22-21(30-2)9-14-31-22;1-2/h5-6,9,14-17,29H,3-4,7-8,10-13H2,1-2H3;1-2H3. The first-order valence-electron chi connectivity index (χ1n) is 12.2. The second-order valence-corrected chi connectivity index (χ2v) is 9.59. The predicted molar refractivity (Wildman–Crippen MR) is 138 cm³/mol. The SMILES string of the molecule is CC.COc1ccsc1C1CCN(c2nc(C3CC3)nc3ccc(N(C)CCO)cc23)CC1. The molecule has 2 fully saturated rings. The van der Waals surface area contributed by atoms with Gasteiger partial charge in [0.15, 0.2) is 0 Å². The molecule has 2 aliphatic rings. The lowest BCUT2D eigenvalue weighted by Crippen LogP contribution is -2.33. The van der Waals surface area contributed by atoms with Crippen molar-refractivity contribution in [2.24, 2.45) is 0 Å². The number of aliphatic hydroxyl groups is 1. The van der Waals surface area contributed by atoms with Crippen LogP contribution in [0.1, 0.15) is 62.1 Å². The third-order valence-corrected chi connectivity index (χ3v) is 7.60. The highest BCUT2D eigenvalue weighted by molar-refractivity contribution is 7.10. The zero-order valence-corrected chi connectivity index (χ0v) is 21.1. The summed E-state index contributed by atoms with van der Waals surface area (Å²) in [6.45, 7) is 6.71. The minimum Gasteiger partial charge on any atom is -0.496 e. The molecule has 0 bridgehead atoms. The molecule has 1 saturated carbocycles. The van der Waals surface area contributed by atoms with Crippen LogP contribution in [0, 0.1) is 0 Å². The highest BCUT2D eigenvalue weighted by Gasteiger charge is 2.30. The number of nitrogens with zero attached hydrogens (tertiary/aromatic N) is 4. The van der Waals surface area contributed by atoms with Crippen molar-refractivity contribution in [3.8, 4) is 5.75 Å². The summed E-state index contributed by atoms with van der Waals surface area (Å²) in [5, 5.41) is 12.6. The van der Waals surface area contributed by atoms with Gasteiger partial charge in [-0.25, -0.2) is 9.97 Å². The summed E-state index contributed by atoms with van der Waals surface area (Å²) < 4.78 is 5.57. The first-order valence-corrected chi connectivity index (χ1v) is 13.1. The normalized spacial score (nSPS) is 16.5. The molecule has 1 aliphatic carbocycles. The van der Waals surface area contributed by atoms with Crippen LogP contribution in [0.15, 0.2) is 29.6 Å². The van der Waals surface area contributed by atoms with Gasteiger partial charge >= 0.3 is 0 Å². The van der Waals surface area contributed by atoms with Gasteiger partial charge in [-0.3, -0.25) is 0 Å². The van der Waals surface area contributed by atoms with Crippen molar-refractivity contribution in [3.05, 3.63) is 40.3 Å². The van der Waals surface area contributed by atoms with Gasteiger partial charge in [0.05, 0.1) is 19.2 Å². The van der Waals surface area contributed by atoms with Gasteiger partial charge in [0.2, 0.25) is 0 Å². The fourth-order valence-corrected chi connectivity index (χ4v) is 5.56. The van der Waals surface area contributed by atoms with Crippen LogP contribution in [0.4, 0.5) is 11.5 Å². The molecule has 0 spiro atoms. The number of aliphatic hydroxyl groups excluding tert-OH is 1. The molecule has 3 heterocycles. The Balaban J connectivity index is 0.00000126. The van der Waals surface area contributed by atoms with E-state index >= 15 is 0 Å². The molecule has 1 N–H and O–H groups in total. The fourth-order valence-electron chi connectivity index (χ4n) is 4.53. The van der Waals surface area contributed by atoms with E-state index in [1.807, 2.05) is 32.2 Å². The molecule has 1 aromatic carbocycles. The highest BCUT2D eigenvalue weighted by atomic mass is 32.1. The van der Waals surface area contributed by atoms with Gasteiger partial charge in [0, 0.05) is 54.5 Å². The summed E-state index contributed by atoms with van der Waals surface area (Å²) in [6, 6.07) is 8.47. The first-order chi connectivity index (χ1) is 16.2. The van der Waals surface area contributed by atoms with Crippen molar-refractivity contribution >= 4 is 33.7 Å². The summed E-state index contributed by atoms with van der Waals surface area (Å²) in [6.07, 6.45) is 4.60. The topological polar surface area (TPSA) is 61.7 Å². The van der Waals surface area contributed by atoms with Crippen LogP contribution in [0.25, 0.3) is 10.9 Å². The molecule has 0 unspecified atom stereocenters. The Labute approximate surface area is 201 Å². The average Bonchev–Trinajstić information content (AvgIpc) is 3.61. The van der Waals surface area contributed by atoms with Crippen LogP contribution in [-0.4, -0.2) is 55.5 Å². The Hall–Kier alpha value is -2.38. The summed E-state index contributed by atoms with van der Waals surface area (Å²) in [4.78, 5) is 15.9. The summed E-state index contributed by atoms with van der Waals surface area (Å²) >= 11 is 1.81. The molecule has 2 aromatic heterocycles. The molecular formula is C26H36N4O2S. The van der Waals surface area contributed by atoms with E-state index in [4.69, 9.17) is 14.7 Å². The molecule has 7 heteroatoms. The smallest absolute Gasteiger partial charge is 0.140 e. The quantitative estimate of drug-likeness (QED) is 0.500. The number of aromatic nitrogens is 2. The number of methoxy groups -OCH3 is 1. The molecule has 5 rings (SSSR count). The van der Waals surface area contributed by atoms with E-state index in [2.05, 4.69) is 39.4 Å². The Morgan fingerprint density at radius 2 is 1.85 bits per heavy atom. The van der Waals surface area contributed by atoms with Gasteiger partial charge in [0.1, 0.15) is 17.4 Å². The Morgan fingerprint density at radius 1 is 1.09 bits per heavy atom. The number of hydrogen-bond donors (Lipinski definition) is 1. The summed E-state index contributed by atoms with van der Waals surface area (Å²) in [5.74, 6) is 4.17. The Kier molecular flexibility index (Phi) is 7.71. The van der Waals surface area contributed by atoms with Crippen molar-refractivity contribution in [2.75, 3.05) is 50.2 Å². The second-order valence-electron chi connectivity index (χ2n) is 8.64. The molecule has 1 saturated heterocycles. The first kappa shape index (κ1) is 23.8. The van der Waals surface area contributed by atoms with Crippen LogP contribution in [0.2, 0.25) is 0 Å². The lowest BCUT2D eigenvalue weighted by Gasteiger charge is -2.33. The molecular weight excluding hydrogens is 432 g/mol. The molecule has 6 nitrogen and oxygen atoms in total. The van der Waals surface area contributed by atoms with Crippen molar-refractivity contribution < 1.29 is 9.84 Å². The van der Waals surface area contributed by atoms with E-state index in [9.17, 15) is 5.11 Å². The maximum atomic E-state index is 9.33. The summed E-state index contributed by atoms with van der Waals surface area (Å²) in [7, 11) is 3.77. The number of likely N-dealkylation sites (N-methyl/N-ethyl adjacent to an activating group) is 1. The van der Waals surface area contributed by atoms with E-state index in [-0.39, 0.29) is 6.61 Å². The summed E-state index contributed by atoms with van der Waals surface area (Å²) in [5.41, 5.74) is 2.11. The van der Waals surface area contributed by atoms with Crippen molar-refractivity contribution in [1.82, 2.24) is 9.97 Å². The lowest BCUT2D eigenvalue weighted by atomic mass is 9.94. The number of hydrogen-bond acceptors (Lipinski definition) is 7. The molecule has 0 amide bonds. The number of ether oxygens (including phenoxy) is 1. The second kappa shape index (κ2) is 10.7. The van der Waals surface area contributed by atoms with Crippen LogP contribution in [-0.2, 0) is 0 Å². The average molecular weight is 469 g/mol. The maximum absolute atomic E-state index is 9.33. The van der Waals surface area contributed by atoms with Gasteiger partial charge in [-0.2, -0.15) is 0 Å². The third-order valence-electron chi connectivity index (χ3n) is 6.54. The fraction of sp³-hybridized carbons (Fsp3) is 0.538. The van der Waals surface area contributed by atoms with Crippen LogP contribution < -0.4 is 14.5 Å². The van der Waals surface area contributed by atoms with Gasteiger partial charge < -0.3 is 19.6 Å². The van der Waals surface area contributed by atoms with Crippen LogP contribution >= 0.6 is 11.3 Å². The third kappa shape index (κ3) is 5.09. The number of piperidine rings is 1. The van der Waals surface area contributed by atoms with E-state index < -0.39 is 0 Å². The zero-order chi connectivity index (χ0) is 23.4. The molecule has 33 heavy (non-hydrogen) atoms. The van der Waals surface area contributed by atoms with Crippen LogP contribution in [0.5, 0.6) is 5.75 Å². The Bertz CT molecular complexity index is 1060. The van der Waals surface area contributed by atoms with Gasteiger partial charge in [-0.1, -0.05) is 13.8 Å². The molecule has 0 radical (unpaired) electrons. The van der Waals surface area contributed by atoms with E-state index in [1.165, 1.54) is 17.7 Å². The molecule has 0 atom stereocenters. The van der Waals surface area contributed by atoms with E-state index in [0.717, 1.165) is 59.9 Å². The van der Waals surface area contributed by atoms with Gasteiger partial charge in [-0.15, -0.1) is 11.3 Å². The van der Waals surface area contributed by atoms with Crippen LogP contribution in [0.3, 0.4) is 0 Å². The zero-order valence-electron chi connectivity index (χ0n) is 20.3. The van der Waals surface area contributed by atoms with Crippen molar-refractivity contribution in [3.63, 3.8) is 0 Å². The number of benzene rings is 1. The number of rotatable bonds is 7. The lowest BCUT2D eigenvalue weighted by molar-refractivity contribution is 0.304. The monoisotopic (exact) mass is 468 g/mol.